The molecule has 1 aromatic carbocycles. The molecule has 4 heteroatoms. The van der Waals surface area contributed by atoms with Crippen LogP contribution in [0.1, 0.15) is 19.3 Å². The van der Waals surface area contributed by atoms with Gasteiger partial charge < -0.3 is 10.4 Å². The lowest BCUT2D eigenvalue weighted by Gasteiger charge is -2.32. The lowest BCUT2D eigenvalue weighted by molar-refractivity contribution is -0.139. The van der Waals surface area contributed by atoms with Crippen molar-refractivity contribution in [1.82, 2.24) is 0 Å². The molecule has 1 saturated carbocycles. The van der Waals surface area contributed by atoms with Gasteiger partial charge in [-0.2, -0.15) is 0 Å². The Morgan fingerprint density at radius 2 is 2.12 bits per heavy atom. The maximum atomic E-state index is 13.3. The molecule has 1 aliphatic rings. The highest BCUT2D eigenvalue weighted by Gasteiger charge is 2.32. The molecule has 1 atom stereocenters. The molecular formula is C12H14FNO2. The summed E-state index contributed by atoms with van der Waals surface area (Å²) in [4.78, 5) is 11.1. The van der Waals surface area contributed by atoms with E-state index in [4.69, 9.17) is 5.11 Å². The van der Waals surface area contributed by atoms with Crippen LogP contribution in [0.2, 0.25) is 0 Å². The first kappa shape index (κ1) is 10.9. The molecule has 16 heavy (non-hydrogen) atoms. The Hall–Kier alpha value is -1.58. The summed E-state index contributed by atoms with van der Waals surface area (Å²) in [6.45, 7) is 0. The standard InChI is InChI=1S/C12H14FNO2/c13-9-6-1-2-7-10(9)14-11(12(15)16)8-4-3-5-8/h1-2,6-8,11,14H,3-5H2,(H,15,16). The first-order chi connectivity index (χ1) is 7.68. The second kappa shape index (κ2) is 4.51. The highest BCUT2D eigenvalue weighted by molar-refractivity contribution is 5.78. The summed E-state index contributed by atoms with van der Waals surface area (Å²) in [5.41, 5.74) is 0.266. The van der Waals surface area contributed by atoms with Crippen molar-refractivity contribution in [2.24, 2.45) is 5.92 Å². The number of carbonyl (C=O) groups is 1. The quantitative estimate of drug-likeness (QED) is 0.824. The zero-order valence-electron chi connectivity index (χ0n) is 8.82. The van der Waals surface area contributed by atoms with Crippen LogP contribution in [0.5, 0.6) is 0 Å². The zero-order chi connectivity index (χ0) is 11.5. The van der Waals surface area contributed by atoms with Gasteiger partial charge in [0.25, 0.3) is 0 Å². The van der Waals surface area contributed by atoms with Gasteiger partial charge in [0.15, 0.2) is 0 Å². The van der Waals surface area contributed by atoms with E-state index in [1.54, 1.807) is 18.2 Å². The van der Waals surface area contributed by atoms with Gasteiger partial charge in [-0.3, -0.25) is 0 Å². The number of para-hydroxylation sites is 1. The smallest absolute Gasteiger partial charge is 0.326 e. The van der Waals surface area contributed by atoms with E-state index in [1.165, 1.54) is 6.07 Å². The van der Waals surface area contributed by atoms with Crippen LogP contribution in [0.4, 0.5) is 10.1 Å². The zero-order valence-corrected chi connectivity index (χ0v) is 8.82. The third kappa shape index (κ3) is 2.15. The SMILES string of the molecule is O=C(O)C(Nc1ccccc1F)C1CCC1. The van der Waals surface area contributed by atoms with Gasteiger partial charge in [0, 0.05) is 0 Å². The van der Waals surface area contributed by atoms with Crippen molar-refractivity contribution in [2.45, 2.75) is 25.3 Å². The Balaban J connectivity index is 2.11. The average Bonchev–Trinajstić information content (AvgIpc) is 2.17. The van der Waals surface area contributed by atoms with Gasteiger partial charge in [0.2, 0.25) is 0 Å². The first-order valence-electron chi connectivity index (χ1n) is 5.42. The van der Waals surface area contributed by atoms with Crippen molar-refractivity contribution in [3.8, 4) is 0 Å². The van der Waals surface area contributed by atoms with E-state index in [0.29, 0.717) is 0 Å². The van der Waals surface area contributed by atoms with Gasteiger partial charge in [-0.15, -0.1) is 0 Å². The van der Waals surface area contributed by atoms with Crippen molar-refractivity contribution in [3.63, 3.8) is 0 Å². The van der Waals surface area contributed by atoms with Gasteiger partial charge in [-0.1, -0.05) is 18.6 Å². The number of nitrogens with one attached hydrogen (secondary N) is 1. The molecule has 0 saturated heterocycles. The van der Waals surface area contributed by atoms with Gasteiger partial charge in [0.05, 0.1) is 5.69 Å². The summed E-state index contributed by atoms with van der Waals surface area (Å²) < 4.78 is 13.3. The van der Waals surface area contributed by atoms with E-state index in [2.05, 4.69) is 5.32 Å². The van der Waals surface area contributed by atoms with Crippen LogP contribution in [0.3, 0.4) is 0 Å². The summed E-state index contributed by atoms with van der Waals surface area (Å²) in [7, 11) is 0. The maximum Gasteiger partial charge on any atom is 0.326 e. The molecule has 0 bridgehead atoms. The Morgan fingerprint density at radius 1 is 1.44 bits per heavy atom. The molecule has 1 unspecified atom stereocenters. The molecule has 0 radical (unpaired) electrons. The molecule has 0 aliphatic heterocycles. The molecule has 2 N–H and O–H groups in total. The van der Waals surface area contributed by atoms with E-state index in [1.807, 2.05) is 0 Å². The Kier molecular flexibility index (Phi) is 3.08. The highest BCUT2D eigenvalue weighted by Crippen LogP contribution is 2.31. The van der Waals surface area contributed by atoms with E-state index in [9.17, 15) is 9.18 Å². The van der Waals surface area contributed by atoms with Crippen molar-refractivity contribution in [1.29, 1.82) is 0 Å². The Morgan fingerprint density at radius 3 is 2.62 bits per heavy atom. The van der Waals surface area contributed by atoms with E-state index in [0.717, 1.165) is 19.3 Å². The third-order valence-electron chi connectivity index (χ3n) is 3.07. The molecule has 0 amide bonds. The number of carboxylic acid groups (broad SMARTS) is 1. The van der Waals surface area contributed by atoms with Crippen LogP contribution in [-0.2, 0) is 4.79 Å². The van der Waals surface area contributed by atoms with Crippen molar-refractivity contribution in [2.75, 3.05) is 5.32 Å². The fourth-order valence-electron chi connectivity index (χ4n) is 1.90. The minimum atomic E-state index is -0.909. The van der Waals surface area contributed by atoms with Crippen molar-refractivity contribution in [3.05, 3.63) is 30.1 Å². The van der Waals surface area contributed by atoms with Crippen LogP contribution >= 0.6 is 0 Å². The lowest BCUT2D eigenvalue weighted by Crippen LogP contribution is -2.40. The molecule has 1 aromatic rings. The topological polar surface area (TPSA) is 49.3 Å². The molecule has 3 nitrogen and oxygen atoms in total. The van der Waals surface area contributed by atoms with Crippen LogP contribution in [-0.4, -0.2) is 17.1 Å². The van der Waals surface area contributed by atoms with Gasteiger partial charge >= 0.3 is 5.97 Å². The fraction of sp³-hybridized carbons (Fsp3) is 0.417. The Labute approximate surface area is 93.3 Å². The fourth-order valence-corrected chi connectivity index (χ4v) is 1.90. The number of rotatable bonds is 4. The number of halogens is 1. The molecule has 1 fully saturated rings. The van der Waals surface area contributed by atoms with Gasteiger partial charge in [-0.05, 0) is 30.9 Å². The number of benzene rings is 1. The molecule has 0 aromatic heterocycles. The molecular weight excluding hydrogens is 209 g/mol. The third-order valence-corrected chi connectivity index (χ3v) is 3.07. The van der Waals surface area contributed by atoms with Gasteiger partial charge in [-0.25, -0.2) is 9.18 Å². The van der Waals surface area contributed by atoms with E-state index in [-0.39, 0.29) is 11.6 Å². The van der Waals surface area contributed by atoms with Crippen LogP contribution in [0.15, 0.2) is 24.3 Å². The summed E-state index contributed by atoms with van der Waals surface area (Å²) in [6.07, 6.45) is 2.87. The summed E-state index contributed by atoms with van der Waals surface area (Å²) in [6, 6.07) is 5.47. The number of hydrogen-bond donors (Lipinski definition) is 2. The summed E-state index contributed by atoms with van der Waals surface area (Å²) in [5, 5.41) is 11.9. The first-order valence-corrected chi connectivity index (χ1v) is 5.42. The highest BCUT2D eigenvalue weighted by atomic mass is 19.1. The van der Waals surface area contributed by atoms with Gasteiger partial charge in [0.1, 0.15) is 11.9 Å². The van der Waals surface area contributed by atoms with Crippen molar-refractivity contribution >= 4 is 11.7 Å². The molecule has 0 heterocycles. The largest absolute Gasteiger partial charge is 0.480 e. The number of carboxylic acids is 1. The number of anilines is 1. The predicted molar refractivity (Wildman–Crippen MR) is 58.8 cm³/mol. The predicted octanol–water partition coefficient (Wildman–Crippen LogP) is 2.49. The van der Waals surface area contributed by atoms with Crippen LogP contribution < -0.4 is 5.32 Å². The second-order valence-corrected chi connectivity index (χ2v) is 4.13. The van der Waals surface area contributed by atoms with E-state index < -0.39 is 17.8 Å². The lowest BCUT2D eigenvalue weighted by atomic mass is 9.79. The average molecular weight is 223 g/mol. The molecule has 86 valence electrons. The Bertz CT molecular complexity index is 390. The minimum absolute atomic E-state index is 0.122. The summed E-state index contributed by atoms with van der Waals surface area (Å²) in [5.74, 6) is -1.20. The molecule has 0 spiro atoms. The summed E-state index contributed by atoms with van der Waals surface area (Å²) >= 11 is 0. The van der Waals surface area contributed by atoms with Crippen molar-refractivity contribution < 1.29 is 14.3 Å². The number of hydrogen-bond acceptors (Lipinski definition) is 2. The number of aliphatic carboxylic acids is 1. The van der Waals surface area contributed by atoms with Crippen LogP contribution in [0.25, 0.3) is 0 Å². The normalized spacial score (nSPS) is 17.6. The minimum Gasteiger partial charge on any atom is -0.480 e. The monoisotopic (exact) mass is 223 g/mol. The molecule has 1 aliphatic carbocycles. The molecule has 2 rings (SSSR count). The van der Waals surface area contributed by atoms with Crippen LogP contribution in [0, 0.1) is 11.7 Å². The van der Waals surface area contributed by atoms with E-state index >= 15 is 0 Å². The maximum absolute atomic E-state index is 13.3. The second-order valence-electron chi connectivity index (χ2n) is 4.13.